The van der Waals surface area contributed by atoms with Gasteiger partial charge in [0, 0.05) is 0 Å². The minimum atomic E-state index is -5.77. The van der Waals surface area contributed by atoms with Crippen LogP contribution in [0.25, 0.3) is 0 Å². The first-order chi connectivity index (χ1) is 14.9. The van der Waals surface area contributed by atoms with Gasteiger partial charge in [0.05, 0.1) is 6.10 Å². The Bertz CT molecular complexity index is 1160. The van der Waals surface area contributed by atoms with Gasteiger partial charge in [-0.2, -0.15) is 13.6 Å². The van der Waals surface area contributed by atoms with Gasteiger partial charge in [0.2, 0.25) is 5.95 Å². The lowest BCUT2D eigenvalue weighted by atomic mass is 9.97. The Hall–Kier alpha value is -1.21. The standard InChI is InChI=1S/C12H18ClN4O13P3/c1-3-4-12(13)8(18)7(27-9(12)17-5-15-10(14)16-11(17)19)6(2)28-32(23,24)30-33(25,26)29-31(20,21)22/h5-9,18H,1-2H3,(H,23,24)(H,25,26)(H2,14,16,19)(H2,20,21,22)/t6?,7-,8?,9-,12?/m1/s1. The smallest absolute Gasteiger partial charge is 0.387 e. The van der Waals surface area contributed by atoms with Crippen LogP contribution in [0.5, 0.6) is 0 Å². The van der Waals surface area contributed by atoms with Crippen molar-refractivity contribution in [3.8, 4) is 11.8 Å². The van der Waals surface area contributed by atoms with E-state index in [4.69, 9.17) is 31.9 Å². The lowest BCUT2D eigenvalue weighted by molar-refractivity contribution is -0.0751. The molecule has 7 N–H and O–H groups in total. The number of aliphatic hydroxyl groups excluding tert-OH is 1. The van der Waals surface area contributed by atoms with Gasteiger partial charge in [-0.15, -0.1) is 5.92 Å². The van der Waals surface area contributed by atoms with Crippen molar-refractivity contribution in [3.05, 3.63) is 16.8 Å². The molecule has 0 aromatic carbocycles. The highest BCUT2D eigenvalue weighted by molar-refractivity contribution is 7.66. The summed E-state index contributed by atoms with van der Waals surface area (Å²) in [5.41, 5.74) is 4.35. The van der Waals surface area contributed by atoms with Crippen LogP contribution in [0.15, 0.2) is 11.1 Å². The number of aromatic nitrogens is 3. The van der Waals surface area contributed by atoms with Crippen LogP contribution in [-0.2, 0) is 31.6 Å². The van der Waals surface area contributed by atoms with E-state index in [1.807, 2.05) is 0 Å². The van der Waals surface area contributed by atoms with Crippen LogP contribution in [-0.4, -0.2) is 62.4 Å². The lowest BCUT2D eigenvalue weighted by Crippen LogP contribution is -2.45. The quantitative estimate of drug-likeness (QED) is 0.130. The molecule has 5 unspecified atom stereocenters. The van der Waals surface area contributed by atoms with Crippen molar-refractivity contribution >= 4 is 41.0 Å². The van der Waals surface area contributed by atoms with Gasteiger partial charge in [0.15, 0.2) is 11.1 Å². The van der Waals surface area contributed by atoms with Crippen molar-refractivity contribution < 1.29 is 56.3 Å². The Labute approximate surface area is 189 Å². The molecule has 1 saturated heterocycles. The molecule has 1 aliphatic heterocycles. The number of phosphoric acid groups is 3. The third kappa shape index (κ3) is 6.91. The first-order valence-electron chi connectivity index (χ1n) is 8.40. The van der Waals surface area contributed by atoms with E-state index in [1.54, 1.807) is 0 Å². The third-order valence-corrected chi connectivity index (χ3v) is 8.31. The van der Waals surface area contributed by atoms with E-state index in [-0.39, 0.29) is 5.95 Å². The molecule has 17 nitrogen and oxygen atoms in total. The molecule has 1 fully saturated rings. The lowest BCUT2D eigenvalue weighted by Gasteiger charge is -2.26. The highest BCUT2D eigenvalue weighted by Gasteiger charge is 2.58. The molecule has 0 aliphatic carbocycles. The van der Waals surface area contributed by atoms with Gasteiger partial charge in [-0.05, 0) is 13.8 Å². The van der Waals surface area contributed by atoms with Gasteiger partial charge in [-0.3, -0.25) is 9.09 Å². The van der Waals surface area contributed by atoms with Crippen molar-refractivity contribution in [2.45, 2.75) is 43.3 Å². The van der Waals surface area contributed by atoms with E-state index in [2.05, 4.69) is 35.0 Å². The maximum Gasteiger partial charge on any atom is 0.490 e. The molecule has 7 atom stereocenters. The molecular formula is C12H18ClN4O13P3. The maximum atomic E-state index is 12.2. The zero-order chi connectivity index (χ0) is 25.4. The van der Waals surface area contributed by atoms with Gasteiger partial charge in [0.1, 0.15) is 18.5 Å². The number of hydrogen-bond donors (Lipinski definition) is 6. The van der Waals surface area contributed by atoms with Crippen LogP contribution in [0, 0.1) is 11.8 Å². The summed E-state index contributed by atoms with van der Waals surface area (Å²) in [5, 5.41) is 10.7. The number of nitrogens with zero attached hydrogens (tertiary/aromatic N) is 3. The van der Waals surface area contributed by atoms with Crippen LogP contribution in [0.3, 0.4) is 0 Å². The number of hydrogen-bond acceptors (Lipinski definition) is 12. The molecule has 0 amide bonds. The Balaban J connectivity index is 2.31. The van der Waals surface area contributed by atoms with E-state index >= 15 is 0 Å². The van der Waals surface area contributed by atoms with Gasteiger partial charge in [0.25, 0.3) is 0 Å². The first kappa shape index (κ1) is 28.0. The molecule has 1 aromatic rings. The summed E-state index contributed by atoms with van der Waals surface area (Å²) in [6, 6.07) is 0. The molecule has 1 aromatic heterocycles. The summed E-state index contributed by atoms with van der Waals surface area (Å²) in [6.45, 7) is 2.41. The number of anilines is 1. The number of rotatable bonds is 8. The number of halogens is 1. The number of alkyl halides is 1. The van der Waals surface area contributed by atoms with Crippen LogP contribution in [0.1, 0.15) is 20.1 Å². The maximum absolute atomic E-state index is 12.2. The van der Waals surface area contributed by atoms with Crippen LogP contribution in [0.4, 0.5) is 5.95 Å². The Morgan fingerprint density at radius 1 is 1.27 bits per heavy atom. The fourth-order valence-electron chi connectivity index (χ4n) is 2.76. The average molecular weight is 555 g/mol. The number of nitrogen functional groups attached to an aromatic ring is 1. The van der Waals surface area contributed by atoms with E-state index in [9.17, 15) is 33.4 Å². The summed E-state index contributed by atoms with van der Waals surface area (Å²) < 4.78 is 52.4. The number of nitrogens with two attached hydrogens (primary N) is 1. The summed E-state index contributed by atoms with van der Waals surface area (Å²) >= 11 is 6.42. The average Bonchev–Trinajstić information content (AvgIpc) is 2.83. The molecule has 1 aliphatic rings. The van der Waals surface area contributed by atoms with Crippen LogP contribution < -0.4 is 11.4 Å². The molecule has 21 heteroatoms. The van der Waals surface area contributed by atoms with Crippen molar-refractivity contribution in [2.75, 3.05) is 5.73 Å². The van der Waals surface area contributed by atoms with Gasteiger partial charge in [-0.1, -0.05) is 17.5 Å². The Kier molecular flexibility index (Phi) is 8.33. The number of aliphatic hydroxyl groups is 1. The summed E-state index contributed by atoms with van der Waals surface area (Å²) in [7, 11) is -16.9. The molecule has 186 valence electrons. The second kappa shape index (κ2) is 9.80. The topological polar surface area (TPSA) is 263 Å². The van der Waals surface area contributed by atoms with Crippen LogP contribution >= 0.6 is 35.1 Å². The van der Waals surface area contributed by atoms with Crippen molar-refractivity contribution in [1.29, 1.82) is 0 Å². The monoisotopic (exact) mass is 554 g/mol. The van der Waals surface area contributed by atoms with Gasteiger partial charge >= 0.3 is 29.2 Å². The minimum absolute atomic E-state index is 0.367. The van der Waals surface area contributed by atoms with E-state index in [0.717, 1.165) is 17.8 Å². The predicted octanol–water partition coefficient (Wildman–Crippen LogP) is -0.789. The van der Waals surface area contributed by atoms with Crippen molar-refractivity contribution in [1.82, 2.24) is 14.5 Å². The summed E-state index contributed by atoms with van der Waals surface area (Å²) in [4.78, 5) is 53.3. The summed E-state index contributed by atoms with van der Waals surface area (Å²) in [6.07, 6.45) is -5.72. The first-order valence-corrected chi connectivity index (χ1v) is 13.3. The van der Waals surface area contributed by atoms with E-state index in [0.29, 0.717) is 0 Å². The fourth-order valence-corrected chi connectivity index (χ4v) is 6.33. The predicted molar refractivity (Wildman–Crippen MR) is 107 cm³/mol. The molecule has 0 saturated carbocycles. The third-order valence-electron chi connectivity index (χ3n) is 3.88. The fraction of sp³-hybridized carbons (Fsp3) is 0.583. The largest absolute Gasteiger partial charge is 0.490 e. The molecule has 0 bridgehead atoms. The minimum Gasteiger partial charge on any atom is -0.387 e. The highest BCUT2D eigenvalue weighted by atomic mass is 35.5. The highest BCUT2D eigenvalue weighted by Crippen LogP contribution is 2.66. The van der Waals surface area contributed by atoms with Crippen molar-refractivity contribution in [2.24, 2.45) is 0 Å². The molecule has 0 spiro atoms. The second-order valence-corrected chi connectivity index (χ2v) is 11.3. The Morgan fingerprint density at radius 3 is 2.39 bits per heavy atom. The van der Waals surface area contributed by atoms with Crippen molar-refractivity contribution in [3.63, 3.8) is 0 Å². The van der Waals surface area contributed by atoms with E-state index < -0.39 is 58.6 Å². The SMILES string of the molecule is CC#CC1(Cl)C(O)[C@@H](C(C)OP(=O)(O)OP(=O)(O)OP(=O)(O)O)O[C@H]1n1cnc(N)nc1=O. The van der Waals surface area contributed by atoms with Gasteiger partial charge in [-0.25, -0.2) is 23.5 Å². The zero-order valence-electron chi connectivity index (χ0n) is 16.5. The zero-order valence-corrected chi connectivity index (χ0v) is 20.0. The molecule has 2 rings (SSSR count). The number of phosphoric ester groups is 1. The molecule has 0 radical (unpaired) electrons. The second-order valence-electron chi connectivity index (χ2n) is 6.35. The normalized spacial score (nSPS) is 30.0. The Morgan fingerprint density at radius 2 is 1.88 bits per heavy atom. The van der Waals surface area contributed by atoms with Crippen LogP contribution in [0.2, 0.25) is 0 Å². The number of ether oxygens (including phenoxy) is 1. The van der Waals surface area contributed by atoms with E-state index in [1.165, 1.54) is 6.92 Å². The van der Waals surface area contributed by atoms with Gasteiger partial charge < -0.3 is 35.2 Å². The summed E-state index contributed by atoms with van der Waals surface area (Å²) in [5.74, 6) is 4.53. The molecular weight excluding hydrogens is 537 g/mol. The molecule has 33 heavy (non-hydrogen) atoms. The molecule has 2 heterocycles.